The number of allylic oxidation sites excluding steroid dienone is 2. The van der Waals surface area contributed by atoms with Gasteiger partial charge in [0.25, 0.3) is 0 Å². The monoisotopic (exact) mass is 245 g/mol. The van der Waals surface area contributed by atoms with Crippen LogP contribution in [0.15, 0.2) is 12.2 Å². The van der Waals surface area contributed by atoms with Gasteiger partial charge in [-0.2, -0.15) is 5.10 Å². The van der Waals surface area contributed by atoms with E-state index in [1.807, 2.05) is 0 Å². The van der Waals surface area contributed by atoms with Crippen molar-refractivity contribution in [2.24, 2.45) is 5.92 Å². The molecule has 1 aromatic rings. The molecule has 3 rings (SSSR count). The molecule has 3 nitrogen and oxygen atoms in total. The van der Waals surface area contributed by atoms with Gasteiger partial charge in [-0.1, -0.05) is 19.1 Å². The maximum Gasteiger partial charge on any atom is 0.0667 e. The van der Waals surface area contributed by atoms with Crippen LogP contribution in [0.1, 0.15) is 43.1 Å². The van der Waals surface area contributed by atoms with Crippen LogP contribution in [0.5, 0.6) is 0 Å². The summed E-state index contributed by atoms with van der Waals surface area (Å²) in [5, 5.41) is 7.65. The van der Waals surface area contributed by atoms with Gasteiger partial charge in [0.05, 0.1) is 5.69 Å². The highest BCUT2D eigenvalue weighted by atomic mass is 15.2. The maximum atomic E-state index is 4.43. The summed E-state index contributed by atoms with van der Waals surface area (Å²) in [4.78, 5) is 2.63. The van der Waals surface area contributed by atoms with Crippen LogP contribution in [-0.2, 0) is 19.4 Å². The Morgan fingerprint density at radius 2 is 2.39 bits per heavy atom. The standard InChI is InChI=1S/C15H23N3/c1-2-14-13-11-18(9-8-15(13)17-16-14)10-12-6-4-3-5-7-12/h3-4,12H,2,5-11H2,1H3,(H,16,17)/t12-/m1/s1. The van der Waals surface area contributed by atoms with Crippen LogP contribution in [-0.4, -0.2) is 28.2 Å². The third kappa shape index (κ3) is 2.37. The molecular formula is C15H23N3. The van der Waals surface area contributed by atoms with E-state index in [-0.39, 0.29) is 0 Å². The van der Waals surface area contributed by atoms with Crippen LogP contribution in [0.2, 0.25) is 0 Å². The SMILES string of the molecule is CCc1n[nH]c2c1CN(C[C@@H]1CC=CCC1)CC2. The first-order valence-electron chi connectivity index (χ1n) is 7.29. The number of aromatic amines is 1. The maximum absolute atomic E-state index is 4.43. The van der Waals surface area contributed by atoms with Gasteiger partial charge in [0.2, 0.25) is 0 Å². The van der Waals surface area contributed by atoms with Crippen LogP contribution < -0.4 is 0 Å². The fourth-order valence-electron chi connectivity index (χ4n) is 3.25. The van der Waals surface area contributed by atoms with Crippen molar-refractivity contribution < 1.29 is 0 Å². The van der Waals surface area contributed by atoms with Crippen molar-refractivity contribution in [3.05, 3.63) is 29.1 Å². The van der Waals surface area contributed by atoms with E-state index in [2.05, 4.69) is 34.2 Å². The molecule has 1 aliphatic heterocycles. The summed E-state index contributed by atoms with van der Waals surface area (Å²) in [5.74, 6) is 0.869. The van der Waals surface area contributed by atoms with Crippen molar-refractivity contribution in [2.45, 2.75) is 45.6 Å². The van der Waals surface area contributed by atoms with E-state index in [4.69, 9.17) is 0 Å². The van der Waals surface area contributed by atoms with E-state index in [0.29, 0.717) is 0 Å². The normalized spacial score (nSPS) is 24.2. The highest BCUT2D eigenvalue weighted by Crippen LogP contribution is 2.24. The lowest BCUT2D eigenvalue weighted by atomic mass is 9.93. The molecule has 0 fully saturated rings. The van der Waals surface area contributed by atoms with Crippen LogP contribution >= 0.6 is 0 Å². The molecule has 0 spiro atoms. The van der Waals surface area contributed by atoms with Gasteiger partial charge in [-0.05, 0) is 31.6 Å². The largest absolute Gasteiger partial charge is 0.298 e. The van der Waals surface area contributed by atoms with Crippen LogP contribution in [0.4, 0.5) is 0 Å². The zero-order chi connectivity index (χ0) is 12.4. The molecule has 0 aromatic carbocycles. The van der Waals surface area contributed by atoms with E-state index in [0.717, 1.165) is 25.3 Å². The molecule has 1 N–H and O–H groups in total. The number of nitrogens with one attached hydrogen (secondary N) is 1. The van der Waals surface area contributed by atoms with Gasteiger partial charge in [0.1, 0.15) is 0 Å². The molecule has 1 aliphatic carbocycles. The molecular weight excluding hydrogens is 222 g/mol. The average molecular weight is 245 g/mol. The van der Waals surface area contributed by atoms with E-state index < -0.39 is 0 Å². The lowest BCUT2D eigenvalue weighted by molar-refractivity contribution is 0.205. The molecule has 0 bridgehead atoms. The Kier molecular flexibility index (Phi) is 3.50. The highest BCUT2D eigenvalue weighted by Gasteiger charge is 2.23. The number of hydrogen-bond donors (Lipinski definition) is 1. The Hall–Kier alpha value is -1.09. The predicted octanol–water partition coefficient (Wildman–Crippen LogP) is 2.69. The Morgan fingerprint density at radius 1 is 1.44 bits per heavy atom. The summed E-state index contributed by atoms with van der Waals surface area (Å²) < 4.78 is 0. The Balaban J connectivity index is 1.64. The van der Waals surface area contributed by atoms with Crippen LogP contribution in [0, 0.1) is 5.92 Å². The minimum Gasteiger partial charge on any atom is -0.298 e. The first kappa shape index (κ1) is 12.0. The molecule has 18 heavy (non-hydrogen) atoms. The number of rotatable bonds is 3. The molecule has 98 valence electrons. The van der Waals surface area contributed by atoms with Gasteiger partial charge in [-0.3, -0.25) is 10.00 Å². The zero-order valence-electron chi connectivity index (χ0n) is 11.3. The van der Waals surface area contributed by atoms with Crippen LogP contribution in [0.3, 0.4) is 0 Å². The van der Waals surface area contributed by atoms with E-state index >= 15 is 0 Å². The molecule has 0 unspecified atom stereocenters. The third-order valence-corrected chi connectivity index (χ3v) is 4.33. The fraction of sp³-hybridized carbons (Fsp3) is 0.667. The number of hydrogen-bond acceptors (Lipinski definition) is 2. The van der Waals surface area contributed by atoms with E-state index in [9.17, 15) is 0 Å². The van der Waals surface area contributed by atoms with Crippen molar-refractivity contribution in [1.29, 1.82) is 0 Å². The fourth-order valence-corrected chi connectivity index (χ4v) is 3.25. The topological polar surface area (TPSA) is 31.9 Å². The number of aromatic nitrogens is 2. The summed E-state index contributed by atoms with van der Waals surface area (Å²) in [7, 11) is 0. The first-order valence-corrected chi connectivity index (χ1v) is 7.29. The summed E-state index contributed by atoms with van der Waals surface area (Å²) in [6.45, 7) is 5.76. The van der Waals surface area contributed by atoms with Crippen LogP contribution in [0.25, 0.3) is 0 Å². The molecule has 0 amide bonds. The van der Waals surface area contributed by atoms with Crippen molar-refractivity contribution >= 4 is 0 Å². The molecule has 0 saturated heterocycles. The van der Waals surface area contributed by atoms with E-state index in [1.165, 1.54) is 49.3 Å². The quantitative estimate of drug-likeness (QED) is 0.830. The molecule has 1 atom stereocenters. The average Bonchev–Trinajstić information content (AvgIpc) is 2.82. The van der Waals surface area contributed by atoms with Gasteiger partial charge >= 0.3 is 0 Å². The molecule has 0 radical (unpaired) electrons. The number of fused-ring (bicyclic) bond motifs is 1. The Morgan fingerprint density at radius 3 is 3.17 bits per heavy atom. The zero-order valence-corrected chi connectivity index (χ0v) is 11.3. The van der Waals surface area contributed by atoms with Gasteiger partial charge in [0, 0.05) is 37.3 Å². The number of nitrogens with zero attached hydrogens (tertiary/aromatic N) is 2. The molecule has 0 saturated carbocycles. The lowest BCUT2D eigenvalue weighted by Gasteiger charge is -2.31. The number of H-pyrrole nitrogens is 1. The van der Waals surface area contributed by atoms with Gasteiger partial charge in [-0.15, -0.1) is 0 Å². The molecule has 1 aromatic heterocycles. The summed E-state index contributed by atoms with van der Waals surface area (Å²) in [5.41, 5.74) is 4.14. The second-order valence-electron chi connectivity index (χ2n) is 5.62. The second kappa shape index (κ2) is 5.27. The van der Waals surface area contributed by atoms with E-state index in [1.54, 1.807) is 0 Å². The molecule has 2 aliphatic rings. The minimum atomic E-state index is 0.869. The van der Waals surface area contributed by atoms with Crippen molar-refractivity contribution in [2.75, 3.05) is 13.1 Å². The Bertz CT molecular complexity index is 419. The van der Waals surface area contributed by atoms with Crippen molar-refractivity contribution in [1.82, 2.24) is 15.1 Å². The molecule has 2 heterocycles. The van der Waals surface area contributed by atoms with Crippen molar-refractivity contribution in [3.63, 3.8) is 0 Å². The smallest absolute Gasteiger partial charge is 0.0667 e. The molecule has 3 heteroatoms. The summed E-state index contributed by atoms with van der Waals surface area (Å²) in [6, 6.07) is 0. The third-order valence-electron chi connectivity index (χ3n) is 4.33. The Labute approximate surface area is 109 Å². The first-order chi connectivity index (χ1) is 8.86. The van der Waals surface area contributed by atoms with Gasteiger partial charge in [-0.25, -0.2) is 0 Å². The summed E-state index contributed by atoms with van der Waals surface area (Å²) >= 11 is 0. The lowest BCUT2D eigenvalue weighted by Crippen LogP contribution is -2.35. The van der Waals surface area contributed by atoms with Crippen molar-refractivity contribution in [3.8, 4) is 0 Å². The highest BCUT2D eigenvalue weighted by molar-refractivity contribution is 5.27. The minimum absolute atomic E-state index is 0.869. The predicted molar refractivity (Wildman–Crippen MR) is 73.4 cm³/mol. The van der Waals surface area contributed by atoms with Gasteiger partial charge in [0.15, 0.2) is 0 Å². The second-order valence-corrected chi connectivity index (χ2v) is 5.62. The number of aryl methyl sites for hydroxylation is 1. The van der Waals surface area contributed by atoms with Gasteiger partial charge < -0.3 is 0 Å². The summed E-state index contributed by atoms with van der Waals surface area (Å²) in [6.07, 6.45) is 10.8.